The molecule has 0 unspecified atom stereocenters. The fourth-order valence-electron chi connectivity index (χ4n) is 8.18. The highest BCUT2D eigenvalue weighted by Gasteiger charge is 2.51. The summed E-state index contributed by atoms with van der Waals surface area (Å²) in [7, 11) is 0. The van der Waals surface area contributed by atoms with Crippen molar-refractivity contribution in [2.75, 3.05) is 4.90 Å². The van der Waals surface area contributed by atoms with Crippen molar-refractivity contribution in [1.82, 2.24) is 0 Å². The average molecular weight is 626 g/mol. The Kier molecular flexibility index (Phi) is 6.13. The van der Waals surface area contributed by atoms with Crippen LogP contribution in [0.2, 0.25) is 0 Å². The highest BCUT2D eigenvalue weighted by atomic mass is 16.5. The van der Waals surface area contributed by atoms with E-state index in [0.29, 0.717) is 0 Å². The van der Waals surface area contributed by atoms with Crippen LogP contribution in [0.3, 0.4) is 0 Å². The lowest BCUT2D eigenvalue weighted by Gasteiger charge is -2.39. The quantitative estimate of drug-likeness (QED) is 0.193. The van der Waals surface area contributed by atoms with Crippen molar-refractivity contribution in [2.45, 2.75) is 5.41 Å². The van der Waals surface area contributed by atoms with Crippen molar-refractivity contribution < 1.29 is 4.74 Å². The summed E-state index contributed by atoms with van der Waals surface area (Å²) in [6.07, 6.45) is 0. The smallest absolute Gasteiger partial charge is 0.132 e. The van der Waals surface area contributed by atoms with E-state index in [1.165, 1.54) is 44.2 Å². The molecule has 230 valence electrons. The Hall–Kier alpha value is -6.38. The van der Waals surface area contributed by atoms with Gasteiger partial charge in [0.25, 0.3) is 0 Å². The molecule has 0 amide bonds. The fourth-order valence-corrected chi connectivity index (χ4v) is 8.18. The first-order valence-corrected chi connectivity index (χ1v) is 16.8. The third-order valence-electron chi connectivity index (χ3n) is 10.3. The van der Waals surface area contributed by atoms with Crippen LogP contribution >= 0.6 is 0 Å². The molecule has 2 heteroatoms. The summed E-state index contributed by atoms with van der Waals surface area (Å²) >= 11 is 0. The summed E-state index contributed by atoms with van der Waals surface area (Å²) < 4.78 is 6.93. The molecule has 8 aromatic rings. The molecule has 0 aromatic heterocycles. The maximum atomic E-state index is 6.93. The third-order valence-corrected chi connectivity index (χ3v) is 10.3. The molecule has 0 N–H and O–H groups in total. The number of benzene rings is 8. The molecule has 0 bridgehead atoms. The minimum Gasteiger partial charge on any atom is -0.457 e. The summed E-state index contributed by atoms with van der Waals surface area (Å²) in [4.78, 5) is 2.29. The standard InChI is InChI=1S/C47H31NO/c1-3-15-36(16-4-1)48(37-17-5-2-6-18-37)38-26-23-32(24-27-38)35-25-28-43-45(31-35)49-46-30-34-14-8-7-13-33(34)29-44(46)47(43)41-21-11-9-19-39(41)40-20-10-12-22-42(40)47/h1-31H. The van der Waals surface area contributed by atoms with Crippen LogP contribution in [-0.4, -0.2) is 0 Å². The molecule has 1 spiro atoms. The van der Waals surface area contributed by atoms with Gasteiger partial charge in [-0.1, -0.05) is 133 Å². The minimum atomic E-state index is -0.492. The maximum Gasteiger partial charge on any atom is 0.132 e. The van der Waals surface area contributed by atoms with Gasteiger partial charge in [-0.25, -0.2) is 0 Å². The Morgan fingerprint density at radius 3 is 1.47 bits per heavy atom. The first-order chi connectivity index (χ1) is 24.3. The molecule has 0 radical (unpaired) electrons. The molecule has 0 saturated heterocycles. The van der Waals surface area contributed by atoms with E-state index in [4.69, 9.17) is 4.74 Å². The largest absolute Gasteiger partial charge is 0.457 e. The van der Waals surface area contributed by atoms with E-state index in [1.807, 2.05) is 0 Å². The summed E-state index contributed by atoms with van der Waals surface area (Å²) in [5, 5.41) is 2.39. The van der Waals surface area contributed by atoms with E-state index in [1.54, 1.807) is 0 Å². The van der Waals surface area contributed by atoms with Crippen LogP contribution in [0, 0.1) is 0 Å². The van der Waals surface area contributed by atoms with E-state index in [2.05, 4.69) is 193 Å². The van der Waals surface area contributed by atoms with Crippen LogP contribution in [0.4, 0.5) is 17.1 Å². The number of hydrogen-bond acceptors (Lipinski definition) is 2. The van der Waals surface area contributed by atoms with Crippen molar-refractivity contribution in [2.24, 2.45) is 0 Å². The molecule has 2 aliphatic rings. The van der Waals surface area contributed by atoms with Gasteiger partial charge in [-0.15, -0.1) is 0 Å². The Labute approximate surface area is 286 Å². The molecule has 10 rings (SSSR count). The maximum absolute atomic E-state index is 6.93. The van der Waals surface area contributed by atoms with Crippen LogP contribution in [-0.2, 0) is 5.41 Å². The zero-order valence-corrected chi connectivity index (χ0v) is 26.8. The van der Waals surface area contributed by atoms with Crippen molar-refractivity contribution in [1.29, 1.82) is 0 Å². The fraction of sp³-hybridized carbons (Fsp3) is 0.0213. The van der Waals surface area contributed by atoms with Crippen LogP contribution < -0.4 is 9.64 Å². The van der Waals surface area contributed by atoms with Gasteiger partial charge < -0.3 is 9.64 Å². The second-order valence-corrected chi connectivity index (χ2v) is 12.9. The molecule has 8 aromatic carbocycles. The first kappa shape index (κ1) is 27.7. The summed E-state index contributed by atoms with van der Waals surface area (Å²) in [6, 6.07) is 67.7. The first-order valence-electron chi connectivity index (χ1n) is 16.8. The zero-order valence-electron chi connectivity index (χ0n) is 26.8. The molecule has 49 heavy (non-hydrogen) atoms. The van der Waals surface area contributed by atoms with Gasteiger partial charge in [0.05, 0.1) is 5.41 Å². The van der Waals surface area contributed by atoms with Crippen molar-refractivity contribution >= 4 is 27.8 Å². The molecular formula is C47H31NO. The highest BCUT2D eigenvalue weighted by Crippen LogP contribution is 2.62. The van der Waals surface area contributed by atoms with Gasteiger partial charge in [-0.2, -0.15) is 0 Å². The lowest BCUT2D eigenvalue weighted by Crippen LogP contribution is -2.32. The monoisotopic (exact) mass is 625 g/mol. The average Bonchev–Trinajstić information content (AvgIpc) is 3.46. The molecule has 0 atom stereocenters. The normalized spacial score (nSPS) is 13.2. The van der Waals surface area contributed by atoms with Gasteiger partial charge in [0.2, 0.25) is 0 Å². The number of hydrogen-bond donors (Lipinski definition) is 0. The predicted octanol–water partition coefficient (Wildman–Crippen LogP) is 12.4. The van der Waals surface area contributed by atoms with Crippen LogP contribution in [0.15, 0.2) is 188 Å². The number of nitrogens with zero attached hydrogens (tertiary/aromatic N) is 1. The zero-order chi connectivity index (χ0) is 32.4. The predicted molar refractivity (Wildman–Crippen MR) is 201 cm³/mol. The molecule has 0 fully saturated rings. The Bertz CT molecular complexity index is 2430. The molecule has 1 aliphatic heterocycles. The molecular weight excluding hydrogens is 595 g/mol. The Balaban J connectivity index is 1.14. The number of anilines is 3. The minimum absolute atomic E-state index is 0.492. The molecule has 0 saturated carbocycles. The molecule has 2 nitrogen and oxygen atoms in total. The van der Waals surface area contributed by atoms with Crippen molar-refractivity contribution in [3.63, 3.8) is 0 Å². The second kappa shape index (κ2) is 10.8. The number of fused-ring (bicyclic) bond motifs is 10. The van der Waals surface area contributed by atoms with Gasteiger partial charge in [-0.05, 0) is 98.8 Å². The Morgan fingerprint density at radius 1 is 0.347 bits per heavy atom. The van der Waals surface area contributed by atoms with Crippen LogP contribution in [0.25, 0.3) is 33.0 Å². The number of para-hydroxylation sites is 2. The van der Waals surface area contributed by atoms with E-state index in [0.717, 1.165) is 39.7 Å². The highest BCUT2D eigenvalue weighted by molar-refractivity contribution is 5.93. The van der Waals surface area contributed by atoms with Crippen LogP contribution in [0.1, 0.15) is 22.3 Å². The van der Waals surface area contributed by atoms with Crippen molar-refractivity contribution in [3.8, 4) is 33.8 Å². The topological polar surface area (TPSA) is 12.5 Å². The number of rotatable bonds is 4. The summed E-state index contributed by atoms with van der Waals surface area (Å²) in [5.74, 6) is 1.80. The van der Waals surface area contributed by atoms with E-state index in [-0.39, 0.29) is 0 Å². The Morgan fingerprint density at radius 2 is 0.837 bits per heavy atom. The van der Waals surface area contributed by atoms with Gasteiger partial charge in [0.15, 0.2) is 0 Å². The van der Waals surface area contributed by atoms with Gasteiger partial charge in [-0.3, -0.25) is 0 Å². The molecule has 1 aliphatic carbocycles. The lowest BCUT2D eigenvalue weighted by molar-refractivity contribution is 0.437. The van der Waals surface area contributed by atoms with E-state index >= 15 is 0 Å². The van der Waals surface area contributed by atoms with Gasteiger partial charge in [0.1, 0.15) is 11.5 Å². The SMILES string of the molecule is c1ccc(N(c2ccccc2)c2ccc(-c3ccc4c(c3)Oc3cc5ccccc5cc3C43c4ccccc4-c4ccccc43)cc2)cc1. The van der Waals surface area contributed by atoms with Gasteiger partial charge >= 0.3 is 0 Å². The molecule has 1 heterocycles. The number of ether oxygens (including phenoxy) is 1. The lowest BCUT2D eigenvalue weighted by atomic mass is 9.65. The third kappa shape index (κ3) is 4.14. The van der Waals surface area contributed by atoms with E-state index in [9.17, 15) is 0 Å². The van der Waals surface area contributed by atoms with Crippen LogP contribution in [0.5, 0.6) is 11.5 Å². The summed E-state index contributed by atoms with van der Waals surface area (Å²) in [5.41, 5.74) is 12.7. The van der Waals surface area contributed by atoms with E-state index < -0.39 is 5.41 Å². The van der Waals surface area contributed by atoms with Gasteiger partial charge in [0, 0.05) is 28.2 Å². The summed E-state index contributed by atoms with van der Waals surface area (Å²) in [6.45, 7) is 0. The second-order valence-electron chi connectivity index (χ2n) is 12.9. The van der Waals surface area contributed by atoms with Crippen molar-refractivity contribution in [3.05, 3.63) is 210 Å².